The molecule has 0 aliphatic heterocycles. The van der Waals surface area contributed by atoms with E-state index in [4.69, 9.17) is 0 Å². The van der Waals surface area contributed by atoms with Crippen molar-refractivity contribution in [3.05, 3.63) is 48.3 Å². The van der Waals surface area contributed by atoms with Gasteiger partial charge in [-0.1, -0.05) is 12.1 Å². The zero-order chi connectivity index (χ0) is 13.0. The lowest BCUT2D eigenvalue weighted by molar-refractivity contribution is 0.187. The van der Waals surface area contributed by atoms with Crippen molar-refractivity contribution in [2.75, 3.05) is 12.4 Å². The first-order chi connectivity index (χ1) is 8.69. The Morgan fingerprint density at radius 1 is 1.17 bits per heavy atom. The van der Waals surface area contributed by atoms with E-state index >= 15 is 0 Å². The minimum atomic E-state index is -0.470. The van der Waals surface area contributed by atoms with Gasteiger partial charge in [-0.15, -0.1) is 0 Å². The molecule has 1 aromatic heterocycles. The third-order valence-electron chi connectivity index (χ3n) is 2.55. The molecular formula is C14H14N2O2. The van der Waals surface area contributed by atoms with Crippen LogP contribution in [0.25, 0.3) is 11.1 Å². The van der Waals surface area contributed by atoms with E-state index in [9.17, 15) is 4.79 Å². The number of benzene rings is 1. The van der Waals surface area contributed by atoms with Crippen molar-refractivity contribution < 1.29 is 9.53 Å². The van der Waals surface area contributed by atoms with Crippen LogP contribution in [0, 0.1) is 6.92 Å². The van der Waals surface area contributed by atoms with Gasteiger partial charge in [0.2, 0.25) is 0 Å². The molecule has 1 N–H and O–H groups in total. The summed E-state index contributed by atoms with van der Waals surface area (Å²) in [7, 11) is 1.34. The van der Waals surface area contributed by atoms with Crippen LogP contribution in [0.2, 0.25) is 0 Å². The van der Waals surface area contributed by atoms with Crippen molar-refractivity contribution >= 4 is 11.8 Å². The van der Waals surface area contributed by atoms with Gasteiger partial charge in [-0.05, 0) is 42.3 Å². The molecule has 0 aliphatic rings. The van der Waals surface area contributed by atoms with Crippen molar-refractivity contribution in [2.45, 2.75) is 6.92 Å². The van der Waals surface area contributed by atoms with Gasteiger partial charge in [-0.2, -0.15) is 0 Å². The topological polar surface area (TPSA) is 51.2 Å². The van der Waals surface area contributed by atoms with Crippen LogP contribution >= 0.6 is 0 Å². The molecule has 0 bridgehead atoms. The predicted octanol–water partition coefficient (Wildman–Crippen LogP) is 3.24. The van der Waals surface area contributed by atoms with Crippen molar-refractivity contribution in [1.82, 2.24) is 4.98 Å². The summed E-state index contributed by atoms with van der Waals surface area (Å²) in [5.74, 6) is 0. The first kappa shape index (κ1) is 12.1. The van der Waals surface area contributed by atoms with E-state index < -0.39 is 6.09 Å². The van der Waals surface area contributed by atoms with E-state index in [0.29, 0.717) is 5.69 Å². The average molecular weight is 242 g/mol. The molecule has 1 aromatic carbocycles. The molecule has 2 aromatic rings. The summed E-state index contributed by atoms with van der Waals surface area (Å²) in [6.07, 6.45) is 1.31. The van der Waals surface area contributed by atoms with Crippen LogP contribution in [0.3, 0.4) is 0 Å². The summed E-state index contributed by atoms with van der Waals surface area (Å²) in [5.41, 5.74) is 3.86. The van der Waals surface area contributed by atoms with E-state index in [1.54, 1.807) is 6.20 Å². The van der Waals surface area contributed by atoms with Gasteiger partial charge < -0.3 is 4.74 Å². The van der Waals surface area contributed by atoms with E-state index in [1.165, 1.54) is 7.11 Å². The maximum Gasteiger partial charge on any atom is 0.411 e. The summed E-state index contributed by atoms with van der Waals surface area (Å²) >= 11 is 0. The lowest BCUT2D eigenvalue weighted by Crippen LogP contribution is -2.10. The van der Waals surface area contributed by atoms with Crippen molar-refractivity contribution in [3.63, 3.8) is 0 Å². The highest BCUT2D eigenvalue weighted by atomic mass is 16.5. The summed E-state index contributed by atoms with van der Waals surface area (Å²) in [5, 5.41) is 2.61. The molecule has 92 valence electrons. The van der Waals surface area contributed by atoms with Crippen LogP contribution < -0.4 is 5.32 Å². The summed E-state index contributed by atoms with van der Waals surface area (Å²) in [6.45, 7) is 1.96. The third-order valence-corrected chi connectivity index (χ3v) is 2.55. The molecule has 1 amide bonds. The van der Waals surface area contributed by atoms with Crippen LogP contribution in [-0.2, 0) is 4.74 Å². The number of amides is 1. The Bertz CT molecular complexity index is 550. The van der Waals surface area contributed by atoms with Crippen molar-refractivity contribution in [1.29, 1.82) is 0 Å². The zero-order valence-corrected chi connectivity index (χ0v) is 10.3. The molecule has 18 heavy (non-hydrogen) atoms. The highest BCUT2D eigenvalue weighted by Crippen LogP contribution is 2.21. The van der Waals surface area contributed by atoms with Gasteiger partial charge in [0.15, 0.2) is 0 Å². The number of rotatable bonds is 2. The Hall–Kier alpha value is -2.36. The second kappa shape index (κ2) is 5.31. The molecule has 0 aliphatic carbocycles. The molecule has 0 fully saturated rings. The minimum Gasteiger partial charge on any atom is -0.453 e. The normalized spacial score (nSPS) is 9.89. The Balaban J connectivity index is 2.19. The molecule has 4 nitrogen and oxygen atoms in total. The molecule has 0 spiro atoms. The fourth-order valence-electron chi connectivity index (χ4n) is 1.64. The number of aryl methyl sites for hydroxylation is 1. The van der Waals surface area contributed by atoms with Crippen LogP contribution in [0.5, 0.6) is 0 Å². The number of carbonyl (C=O) groups excluding carboxylic acids is 1. The number of aromatic nitrogens is 1. The lowest BCUT2D eigenvalue weighted by Gasteiger charge is -2.06. The Morgan fingerprint density at radius 3 is 2.50 bits per heavy atom. The molecule has 2 rings (SSSR count). The third kappa shape index (κ3) is 2.85. The maximum absolute atomic E-state index is 11.0. The quantitative estimate of drug-likeness (QED) is 0.879. The molecule has 0 radical (unpaired) electrons. The SMILES string of the molecule is COC(=O)Nc1ccc(-c2ccnc(C)c2)cc1. The highest BCUT2D eigenvalue weighted by Gasteiger charge is 2.02. The molecular weight excluding hydrogens is 228 g/mol. The Morgan fingerprint density at radius 2 is 1.89 bits per heavy atom. The number of nitrogens with one attached hydrogen (secondary N) is 1. The van der Waals surface area contributed by atoms with Gasteiger partial charge in [0.05, 0.1) is 7.11 Å². The van der Waals surface area contributed by atoms with Crippen LogP contribution in [0.15, 0.2) is 42.6 Å². The molecule has 4 heteroatoms. The molecule has 0 atom stereocenters. The van der Waals surface area contributed by atoms with Gasteiger partial charge in [0.25, 0.3) is 0 Å². The first-order valence-corrected chi connectivity index (χ1v) is 5.57. The van der Waals surface area contributed by atoms with Gasteiger partial charge in [0.1, 0.15) is 0 Å². The van der Waals surface area contributed by atoms with Gasteiger partial charge >= 0.3 is 6.09 Å². The number of ether oxygens (including phenoxy) is 1. The van der Waals surface area contributed by atoms with E-state index in [-0.39, 0.29) is 0 Å². The zero-order valence-electron chi connectivity index (χ0n) is 10.3. The minimum absolute atomic E-state index is 0.470. The van der Waals surface area contributed by atoms with Gasteiger partial charge in [-0.25, -0.2) is 4.79 Å². The molecule has 0 saturated heterocycles. The number of carbonyl (C=O) groups is 1. The monoisotopic (exact) mass is 242 g/mol. The molecule has 0 unspecified atom stereocenters. The van der Waals surface area contributed by atoms with Gasteiger partial charge in [-0.3, -0.25) is 10.3 Å². The largest absolute Gasteiger partial charge is 0.453 e. The number of nitrogens with zero attached hydrogens (tertiary/aromatic N) is 1. The standard InChI is InChI=1S/C14H14N2O2/c1-10-9-12(7-8-15-10)11-3-5-13(6-4-11)16-14(17)18-2/h3-9H,1-2H3,(H,16,17). The van der Waals surface area contributed by atoms with Crippen molar-refractivity contribution in [2.24, 2.45) is 0 Å². The lowest BCUT2D eigenvalue weighted by atomic mass is 10.1. The fourth-order valence-corrected chi connectivity index (χ4v) is 1.64. The van der Waals surface area contributed by atoms with Crippen LogP contribution in [0.1, 0.15) is 5.69 Å². The Labute approximate surface area is 106 Å². The summed E-state index contributed by atoms with van der Waals surface area (Å²) in [6, 6.07) is 11.5. The number of anilines is 1. The number of hydrogen-bond donors (Lipinski definition) is 1. The van der Waals surface area contributed by atoms with Crippen LogP contribution in [0.4, 0.5) is 10.5 Å². The fraction of sp³-hybridized carbons (Fsp3) is 0.143. The second-order valence-corrected chi connectivity index (χ2v) is 3.88. The Kier molecular flexibility index (Phi) is 3.57. The van der Waals surface area contributed by atoms with E-state index in [0.717, 1.165) is 16.8 Å². The second-order valence-electron chi connectivity index (χ2n) is 3.88. The van der Waals surface area contributed by atoms with E-state index in [2.05, 4.69) is 15.0 Å². The van der Waals surface area contributed by atoms with E-state index in [1.807, 2.05) is 43.3 Å². The smallest absolute Gasteiger partial charge is 0.411 e. The van der Waals surface area contributed by atoms with Gasteiger partial charge in [0, 0.05) is 17.6 Å². The van der Waals surface area contributed by atoms with Crippen molar-refractivity contribution in [3.8, 4) is 11.1 Å². The summed E-state index contributed by atoms with van der Waals surface area (Å²) < 4.78 is 4.53. The maximum atomic E-state index is 11.0. The number of pyridine rings is 1. The molecule has 0 saturated carbocycles. The summed E-state index contributed by atoms with van der Waals surface area (Å²) in [4.78, 5) is 15.2. The first-order valence-electron chi connectivity index (χ1n) is 5.57. The number of hydrogen-bond acceptors (Lipinski definition) is 3. The molecule has 1 heterocycles. The van der Waals surface area contributed by atoms with Crippen LogP contribution in [-0.4, -0.2) is 18.2 Å². The number of methoxy groups -OCH3 is 1. The highest BCUT2D eigenvalue weighted by molar-refractivity contribution is 5.85. The average Bonchev–Trinajstić information content (AvgIpc) is 2.39. The predicted molar refractivity (Wildman–Crippen MR) is 70.4 cm³/mol.